The van der Waals surface area contributed by atoms with Crippen molar-refractivity contribution >= 4 is 40.0 Å². The van der Waals surface area contributed by atoms with Gasteiger partial charge in [0.2, 0.25) is 17.8 Å². The van der Waals surface area contributed by atoms with Crippen molar-refractivity contribution in [2.45, 2.75) is 0 Å². The Labute approximate surface area is 172 Å². The molecule has 0 atom stereocenters. The summed E-state index contributed by atoms with van der Waals surface area (Å²) in [6, 6.07) is 17.5. The van der Waals surface area contributed by atoms with Crippen LogP contribution in [0, 0.1) is 0 Å². The summed E-state index contributed by atoms with van der Waals surface area (Å²) in [6.45, 7) is 0.920. The number of hydrogen-bond donors (Lipinski definition) is 6. The van der Waals surface area contributed by atoms with E-state index in [1.54, 1.807) is 36.4 Å². The van der Waals surface area contributed by atoms with Crippen molar-refractivity contribution in [3.63, 3.8) is 0 Å². The summed E-state index contributed by atoms with van der Waals surface area (Å²) in [5.74, 6) is 1.28. The number of aromatic nitrogens is 3. The van der Waals surface area contributed by atoms with E-state index in [0.29, 0.717) is 36.6 Å². The second kappa shape index (κ2) is 8.50. The summed E-state index contributed by atoms with van der Waals surface area (Å²) in [5.41, 5.74) is 6.95. The van der Waals surface area contributed by atoms with E-state index in [2.05, 4.69) is 30.9 Å². The topological polar surface area (TPSA) is 141 Å². The Bertz CT molecular complexity index is 1180. The first-order valence-corrected chi connectivity index (χ1v) is 9.36. The van der Waals surface area contributed by atoms with Crippen molar-refractivity contribution in [2.75, 3.05) is 29.0 Å². The van der Waals surface area contributed by atoms with Crippen molar-refractivity contribution in [3.05, 3.63) is 60.7 Å². The maximum absolute atomic E-state index is 10.1. The minimum absolute atomic E-state index is 0.129. The molecule has 7 N–H and O–H groups in total. The van der Waals surface area contributed by atoms with Crippen molar-refractivity contribution < 1.29 is 10.2 Å². The number of benzene rings is 3. The molecule has 4 rings (SSSR count). The molecule has 1 aromatic heterocycles. The van der Waals surface area contributed by atoms with Crippen LogP contribution >= 0.6 is 0 Å². The molecule has 4 aromatic rings. The van der Waals surface area contributed by atoms with Gasteiger partial charge in [0.25, 0.3) is 0 Å². The molecule has 0 aliphatic heterocycles. The number of nitrogens with two attached hydrogens (primary N) is 1. The molecule has 152 valence electrons. The van der Waals surface area contributed by atoms with Gasteiger partial charge in [0.1, 0.15) is 11.5 Å². The Morgan fingerprint density at radius 3 is 2.27 bits per heavy atom. The lowest BCUT2D eigenvalue weighted by Crippen LogP contribution is -2.16. The van der Waals surface area contributed by atoms with Crippen LogP contribution in [0.5, 0.6) is 11.5 Å². The Morgan fingerprint density at radius 2 is 1.50 bits per heavy atom. The summed E-state index contributed by atoms with van der Waals surface area (Å²) in [4.78, 5) is 13.2. The molecule has 0 spiro atoms. The average molecular weight is 403 g/mol. The first-order chi connectivity index (χ1) is 14.6. The molecule has 1 heterocycles. The van der Waals surface area contributed by atoms with Gasteiger partial charge in [-0.15, -0.1) is 0 Å². The van der Waals surface area contributed by atoms with Crippen LogP contribution in [0.1, 0.15) is 0 Å². The summed E-state index contributed by atoms with van der Waals surface area (Å²) in [6.07, 6.45) is 0. The van der Waals surface area contributed by atoms with Crippen LogP contribution in [0.2, 0.25) is 0 Å². The number of aromatic hydroxyl groups is 2. The van der Waals surface area contributed by atoms with Crippen molar-refractivity contribution in [1.82, 2.24) is 15.0 Å². The van der Waals surface area contributed by atoms with E-state index in [4.69, 9.17) is 5.73 Å². The van der Waals surface area contributed by atoms with Gasteiger partial charge in [-0.3, -0.25) is 0 Å². The zero-order valence-electron chi connectivity index (χ0n) is 16.0. The lowest BCUT2D eigenvalue weighted by atomic mass is 10.1. The standard InChI is InChI=1S/C21H21N7O2/c22-10-11-23-19-26-20(24-13-4-3-5-14(29)12-13)28-21(27-19)25-17-8-9-18(30)16-7-2-1-6-15(16)17/h1-9,12,29-30H,10-11,22H2,(H3,23,24,25,26,27,28). The summed E-state index contributed by atoms with van der Waals surface area (Å²) in [7, 11) is 0. The van der Waals surface area contributed by atoms with Gasteiger partial charge in [-0.1, -0.05) is 30.3 Å². The molecule has 0 radical (unpaired) electrons. The van der Waals surface area contributed by atoms with Crippen LogP contribution in [0.25, 0.3) is 10.8 Å². The third-order valence-corrected chi connectivity index (χ3v) is 4.31. The lowest BCUT2D eigenvalue weighted by molar-refractivity contribution is 0.475. The highest BCUT2D eigenvalue weighted by molar-refractivity contribution is 5.98. The lowest BCUT2D eigenvalue weighted by Gasteiger charge is -2.13. The van der Waals surface area contributed by atoms with Gasteiger partial charge >= 0.3 is 0 Å². The Morgan fingerprint density at radius 1 is 0.767 bits per heavy atom. The maximum atomic E-state index is 10.1. The van der Waals surface area contributed by atoms with Crippen LogP contribution in [-0.4, -0.2) is 38.3 Å². The van der Waals surface area contributed by atoms with Gasteiger partial charge in [0.15, 0.2) is 0 Å². The van der Waals surface area contributed by atoms with Crippen molar-refractivity contribution in [1.29, 1.82) is 0 Å². The quantitative estimate of drug-likeness (QED) is 0.256. The third-order valence-electron chi connectivity index (χ3n) is 4.31. The maximum Gasteiger partial charge on any atom is 0.233 e. The first-order valence-electron chi connectivity index (χ1n) is 9.36. The third kappa shape index (κ3) is 4.31. The van der Waals surface area contributed by atoms with Gasteiger partial charge in [-0.25, -0.2) is 0 Å². The normalized spacial score (nSPS) is 10.7. The zero-order valence-corrected chi connectivity index (χ0v) is 16.0. The van der Waals surface area contributed by atoms with Crippen LogP contribution in [0.4, 0.5) is 29.2 Å². The van der Waals surface area contributed by atoms with Crippen LogP contribution in [0.15, 0.2) is 60.7 Å². The second-order valence-electron chi connectivity index (χ2n) is 6.50. The largest absolute Gasteiger partial charge is 0.508 e. The molecular weight excluding hydrogens is 382 g/mol. The monoisotopic (exact) mass is 403 g/mol. The molecule has 0 unspecified atom stereocenters. The molecule has 0 saturated carbocycles. The van der Waals surface area contributed by atoms with Gasteiger partial charge in [0, 0.05) is 41.3 Å². The molecule has 0 aliphatic rings. The van der Waals surface area contributed by atoms with Crippen LogP contribution in [-0.2, 0) is 0 Å². The Hall–Kier alpha value is -4.11. The summed E-state index contributed by atoms with van der Waals surface area (Å²) in [5, 5.41) is 30.6. The number of nitrogens with zero attached hydrogens (tertiary/aromatic N) is 3. The van der Waals surface area contributed by atoms with E-state index < -0.39 is 0 Å². The molecule has 0 fully saturated rings. The minimum Gasteiger partial charge on any atom is -0.508 e. The smallest absolute Gasteiger partial charge is 0.233 e. The predicted octanol–water partition coefficient (Wildman–Crippen LogP) is 3.29. The second-order valence-corrected chi connectivity index (χ2v) is 6.50. The number of hydrogen-bond acceptors (Lipinski definition) is 9. The Balaban J connectivity index is 1.69. The molecular formula is C21H21N7O2. The highest BCUT2D eigenvalue weighted by Gasteiger charge is 2.10. The average Bonchev–Trinajstić information content (AvgIpc) is 2.74. The van der Waals surface area contributed by atoms with Gasteiger partial charge in [-0.2, -0.15) is 15.0 Å². The first kappa shape index (κ1) is 19.2. The fourth-order valence-corrected chi connectivity index (χ4v) is 2.98. The van der Waals surface area contributed by atoms with E-state index in [0.717, 1.165) is 16.5 Å². The molecule has 0 bridgehead atoms. The Kier molecular flexibility index (Phi) is 5.44. The molecule has 0 amide bonds. The number of phenols is 2. The van der Waals surface area contributed by atoms with E-state index >= 15 is 0 Å². The van der Waals surface area contributed by atoms with E-state index in [1.807, 2.05) is 24.3 Å². The predicted molar refractivity (Wildman–Crippen MR) is 118 cm³/mol. The molecule has 9 nitrogen and oxygen atoms in total. The molecule has 9 heteroatoms. The number of fused-ring (bicyclic) bond motifs is 1. The number of nitrogens with one attached hydrogen (secondary N) is 3. The zero-order chi connectivity index (χ0) is 20.9. The van der Waals surface area contributed by atoms with Crippen LogP contribution < -0.4 is 21.7 Å². The van der Waals surface area contributed by atoms with Gasteiger partial charge in [0.05, 0.1) is 0 Å². The highest BCUT2D eigenvalue weighted by atomic mass is 16.3. The van der Waals surface area contributed by atoms with E-state index in [1.165, 1.54) is 0 Å². The fraction of sp³-hybridized carbons (Fsp3) is 0.0952. The van der Waals surface area contributed by atoms with Crippen molar-refractivity contribution in [2.24, 2.45) is 5.73 Å². The van der Waals surface area contributed by atoms with Crippen molar-refractivity contribution in [3.8, 4) is 11.5 Å². The summed E-state index contributed by atoms with van der Waals surface area (Å²) >= 11 is 0. The fourth-order valence-electron chi connectivity index (χ4n) is 2.98. The molecule has 30 heavy (non-hydrogen) atoms. The molecule has 0 saturated heterocycles. The van der Waals surface area contributed by atoms with Gasteiger partial charge < -0.3 is 31.9 Å². The SMILES string of the molecule is NCCNc1nc(Nc2cccc(O)c2)nc(Nc2ccc(O)c3ccccc23)n1. The number of phenolic OH excluding ortho intramolecular Hbond substituents is 2. The molecule has 3 aromatic carbocycles. The van der Waals surface area contributed by atoms with E-state index in [9.17, 15) is 10.2 Å². The number of anilines is 5. The molecule has 0 aliphatic carbocycles. The highest BCUT2D eigenvalue weighted by Crippen LogP contribution is 2.32. The summed E-state index contributed by atoms with van der Waals surface area (Å²) < 4.78 is 0. The van der Waals surface area contributed by atoms with E-state index in [-0.39, 0.29) is 11.5 Å². The van der Waals surface area contributed by atoms with Crippen LogP contribution in [0.3, 0.4) is 0 Å². The minimum atomic E-state index is 0.129. The van der Waals surface area contributed by atoms with Gasteiger partial charge in [-0.05, 0) is 24.3 Å². The number of rotatable bonds is 7.